The molecule has 1 fully saturated rings. The van der Waals surface area contributed by atoms with Crippen molar-refractivity contribution in [3.8, 4) is 0 Å². The Hall–Kier alpha value is -1.16. The number of piperidine rings is 1. The van der Waals surface area contributed by atoms with Gasteiger partial charge >= 0.3 is 0 Å². The van der Waals surface area contributed by atoms with Gasteiger partial charge in [-0.25, -0.2) is 9.97 Å². The van der Waals surface area contributed by atoms with Crippen molar-refractivity contribution < 1.29 is 0 Å². The van der Waals surface area contributed by atoms with E-state index in [1.165, 1.54) is 24.8 Å². The van der Waals surface area contributed by atoms with Crippen molar-refractivity contribution in [1.82, 2.24) is 15.3 Å². The van der Waals surface area contributed by atoms with Gasteiger partial charge in [0, 0.05) is 23.0 Å². The molecule has 1 saturated heterocycles. The van der Waals surface area contributed by atoms with Crippen LogP contribution in [0.15, 0.2) is 0 Å². The number of nitrogens with two attached hydrogens (primary N) is 1. The zero-order valence-corrected chi connectivity index (χ0v) is 9.38. The molecule has 0 aliphatic carbocycles. The Kier molecular flexibility index (Phi) is 2.86. The van der Waals surface area contributed by atoms with Crippen LogP contribution in [0.1, 0.15) is 42.3 Å². The van der Waals surface area contributed by atoms with Crippen LogP contribution in [-0.2, 0) is 0 Å². The van der Waals surface area contributed by atoms with E-state index >= 15 is 0 Å². The van der Waals surface area contributed by atoms with Gasteiger partial charge < -0.3 is 11.1 Å². The predicted molar refractivity (Wildman–Crippen MR) is 60.5 cm³/mol. The van der Waals surface area contributed by atoms with Crippen LogP contribution in [0.5, 0.6) is 0 Å². The van der Waals surface area contributed by atoms with Gasteiger partial charge in [-0.05, 0) is 33.2 Å². The first kappa shape index (κ1) is 10.4. The second-order valence-electron chi connectivity index (χ2n) is 4.17. The summed E-state index contributed by atoms with van der Waals surface area (Å²) < 4.78 is 0. The zero-order valence-electron chi connectivity index (χ0n) is 9.38. The molecule has 0 bridgehead atoms. The number of hydrogen-bond acceptors (Lipinski definition) is 4. The molecule has 15 heavy (non-hydrogen) atoms. The van der Waals surface area contributed by atoms with Crippen molar-refractivity contribution in [3.63, 3.8) is 0 Å². The van der Waals surface area contributed by atoms with E-state index in [2.05, 4.69) is 15.3 Å². The van der Waals surface area contributed by atoms with Gasteiger partial charge in [0.2, 0.25) is 5.95 Å². The number of aryl methyl sites for hydroxylation is 2. The van der Waals surface area contributed by atoms with E-state index in [1.807, 2.05) is 13.8 Å². The lowest BCUT2D eigenvalue weighted by Gasteiger charge is -2.25. The highest BCUT2D eigenvalue weighted by atomic mass is 15.0. The van der Waals surface area contributed by atoms with Crippen LogP contribution in [0.4, 0.5) is 5.95 Å². The Balaban J connectivity index is 2.33. The first-order chi connectivity index (χ1) is 7.18. The molecule has 1 aliphatic rings. The van der Waals surface area contributed by atoms with Gasteiger partial charge in [0.25, 0.3) is 0 Å². The lowest BCUT2D eigenvalue weighted by atomic mass is 9.95. The predicted octanol–water partition coefficient (Wildman–Crippen LogP) is 1.49. The monoisotopic (exact) mass is 206 g/mol. The molecule has 4 nitrogen and oxygen atoms in total. The smallest absolute Gasteiger partial charge is 0.220 e. The topological polar surface area (TPSA) is 63.8 Å². The standard InChI is InChI=1S/C11H18N4/c1-7-10(8(2)15-11(12)14-7)9-5-3-4-6-13-9/h9,13H,3-6H2,1-2H3,(H2,12,14,15). The van der Waals surface area contributed by atoms with E-state index in [-0.39, 0.29) is 0 Å². The van der Waals surface area contributed by atoms with Gasteiger partial charge in [-0.15, -0.1) is 0 Å². The molecule has 0 saturated carbocycles. The third-order valence-corrected chi connectivity index (χ3v) is 3.00. The quantitative estimate of drug-likeness (QED) is 0.730. The summed E-state index contributed by atoms with van der Waals surface area (Å²) in [6, 6.07) is 0.416. The maximum absolute atomic E-state index is 5.62. The third kappa shape index (κ3) is 2.09. The van der Waals surface area contributed by atoms with Gasteiger partial charge in [-0.3, -0.25) is 0 Å². The first-order valence-electron chi connectivity index (χ1n) is 5.52. The van der Waals surface area contributed by atoms with E-state index in [1.54, 1.807) is 0 Å². The van der Waals surface area contributed by atoms with Crippen molar-refractivity contribution in [3.05, 3.63) is 17.0 Å². The van der Waals surface area contributed by atoms with E-state index in [9.17, 15) is 0 Å². The average Bonchev–Trinajstić information content (AvgIpc) is 2.17. The molecule has 0 radical (unpaired) electrons. The number of nitrogens with one attached hydrogen (secondary N) is 1. The summed E-state index contributed by atoms with van der Waals surface area (Å²) in [5.41, 5.74) is 8.88. The molecular formula is C11H18N4. The van der Waals surface area contributed by atoms with E-state index in [0.29, 0.717) is 12.0 Å². The first-order valence-corrected chi connectivity index (χ1v) is 5.52. The summed E-state index contributed by atoms with van der Waals surface area (Å²) in [5.74, 6) is 0.379. The fourth-order valence-corrected chi connectivity index (χ4v) is 2.35. The molecule has 0 spiro atoms. The second-order valence-corrected chi connectivity index (χ2v) is 4.17. The Morgan fingerprint density at radius 3 is 2.40 bits per heavy atom. The summed E-state index contributed by atoms with van der Waals surface area (Å²) in [5, 5.41) is 3.52. The van der Waals surface area contributed by atoms with Gasteiger partial charge in [-0.2, -0.15) is 0 Å². The summed E-state index contributed by atoms with van der Waals surface area (Å²) in [6.45, 7) is 5.11. The Bertz CT molecular complexity index is 333. The van der Waals surface area contributed by atoms with Crippen LogP contribution in [0.2, 0.25) is 0 Å². The molecule has 2 rings (SSSR count). The van der Waals surface area contributed by atoms with Crippen LogP contribution in [-0.4, -0.2) is 16.5 Å². The van der Waals surface area contributed by atoms with Crippen molar-refractivity contribution in [2.45, 2.75) is 39.2 Å². The highest BCUT2D eigenvalue weighted by molar-refractivity contribution is 5.33. The Morgan fingerprint density at radius 2 is 1.87 bits per heavy atom. The van der Waals surface area contributed by atoms with Crippen LogP contribution in [0.3, 0.4) is 0 Å². The fourth-order valence-electron chi connectivity index (χ4n) is 2.35. The van der Waals surface area contributed by atoms with Crippen molar-refractivity contribution in [2.75, 3.05) is 12.3 Å². The third-order valence-electron chi connectivity index (χ3n) is 3.00. The van der Waals surface area contributed by atoms with Crippen LogP contribution in [0.25, 0.3) is 0 Å². The Morgan fingerprint density at radius 1 is 1.20 bits per heavy atom. The molecule has 0 aromatic carbocycles. The molecule has 1 aromatic rings. The molecule has 82 valence electrons. The molecule has 0 amide bonds. The highest BCUT2D eigenvalue weighted by Gasteiger charge is 2.20. The summed E-state index contributed by atoms with van der Waals surface area (Å²) in [4.78, 5) is 8.47. The molecule has 3 N–H and O–H groups in total. The van der Waals surface area contributed by atoms with Gasteiger partial charge in [0.05, 0.1) is 0 Å². The number of aromatic nitrogens is 2. The van der Waals surface area contributed by atoms with E-state index < -0.39 is 0 Å². The highest BCUT2D eigenvalue weighted by Crippen LogP contribution is 2.26. The minimum absolute atomic E-state index is 0.379. The van der Waals surface area contributed by atoms with E-state index in [4.69, 9.17) is 5.73 Å². The summed E-state index contributed by atoms with van der Waals surface area (Å²) in [6.07, 6.45) is 3.72. The molecule has 1 aliphatic heterocycles. The molecule has 1 atom stereocenters. The number of nitrogens with zero attached hydrogens (tertiary/aromatic N) is 2. The summed E-state index contributed by atoms with van der Waals surface area (Å²) in [7, 11) is 0. The van der Waals surface area contributed by atoms with Crippen LogP contribution in [0, 0.1) is 13.8 Å². The van der Waals surface area contributed by atoms with Gasteiger partial charge in [-0.1, -0.05) is 6.42 Å². The molecular weight excluding hydrogens is 188 g/mol. The van der Waals surface area contributed by atoms with Gasteiger partial charge in [0.15, 0.2) is 0 Å². The minimum atomic E-state index is 0.379. The van der Waals surface area contributed by atoms with Crippen LogP contribution < -0.4 is 11.1 Å². The lowest BCUT2D eigenvalue weighted by molar-refractivity contribution is 0.408. The van der Waals surface area contributed by atoms with Crippen molar-refractivity contribution in [1.29, 1.82) is 0 Å². The van der Waals surface area contributed by atoms with E-state index in [0.717, 1.165) is 17.9 Å². The minimum Gasteiger partial charge on any atom is -0.368 e. The fraction of sp³-hybridized carbons (Fsp3) is 0.636. The van der Waals surface area contributed by atoms with Gasteiger partial charge in [0.1, 0.15) is 0 Å². The normalized spacial score (nSPS) is 21.6. The number of rotatable bonds is 1. The van der Waals surface area contributed by atoms with Crippen molar-refractivity contribution >= 4 is 5.95 Å². The SMILES string of the molecule is Cc1nc(N)nc(C)c1C1CCCCN1. The number of anilines is 1. The lowest BCUT2D eigenvalue weighted by Crippen LogP contribution is -2.28. The Labute approximate surface area is 90.3 Å². The second kappa shape index (κ2) is 4.14. The summed E-state index contributed by atoms with van der Waals surface area (Å²) >= 11 is 0. The largest absolute Gasteiger partial charge is 0.368 e. The number of hydrogen-bond donors (Lipinski definition) is 2. The maximum atomic E-state index is 5.62. The molecule has 1 aromatic heterocycles. The van der Waals surface area contributed by atoms with Crippen LogP contribution >= 0.6 is 0 Å². The molecule has 4 heteroatoms. The maximum Gasteiger partial charge on any atom is 0.220 e. The average molecular weight is 206 g/mol. The van der Waals surface area contributed by atoms with Crippen molar-refractivity contribution in [2.24, 2.45) is 0 Å². The molecule has 1 unspecified atom stereocenters. The number of nitrogen functional groups attached to an aromatic ring is 1. The molecule has 2 heterocycles. The zero-order chi connectivity index (χ0) is 10.8.